The number of rotatable bonds is 5. The molecule has 20 heavy (non-hydrogen) atoms. The van der Waals surface area contributed by atoms with E-state index in [4.69, 9.17) is 9.26 Å². The molecule has 1 saturated heterocycles. The van der Waals surface area contributed by atoms with Crippen LogP contribution in [0.2, 0.25) is 0 Å². The number of carbonyl (C=O) groups excluding carboxylic acids is 2. The van der Waals surface area contributed by atoms with Crippen LogP contribution in [0.25, 0.3) is 0 Å². The molecule has 2 heterocycles. The number of nitrogens with one attached hydrogen (secondary N) is 1. The van der Waals surface area contributed by atoms with Gasteiger partial charge in [0.05, 0.1) is 0 Å². The molecular formula is C13H19N3O4. The Morgan fingerprint density at radius 2 is 2.35 bits per heavy atom. The molecule has 0 saturated carbocycles. The molecule has 1 fully saturated rings. The summed E-state index contributed by atoms with van der Waals surface area (Å²) in [6.07, 6.45) is 1.32. The number of carbonyl (C=O) groups is 2. The van der Waals surface area contributed by atoms with E-state index in [1.165, 1.54) is 11.8 Å². The maximum absolute atomic E-state index is 11.8. The summed E-state index contributed by atoms with van der Waals surface area (Å²) in [5.41, 5.74) is 0. The van der Waals surface area contributed by atoms with Gasteiger partial charge < -0.3 is 14.6 Å². The standard InChI is InChI=1S/C13H19N3O4/c1-9-8-12(15-20-9)16(10(2)17)6-5-14-13(18)11-4-3-7-19-11/h8,11H,3-7H2,1-2H3,(H,14,18). The van der Waals surface area contributed by atoms with Crippen molar-refractivity contribution in [1.29, 1.82) is 0 Å². The predicted octanol–water partition coefficient (Wildman–Crippen LogP) is 0.631. The quantitative estimate of drug-likeness (QED) is 0.855. The molecule has 1 aliphatic heterocycles. The maximum Gasteiger partial charge on any atom is 0.249 e. The Morgan fingerprint density at radius 3 is 2.90 bits per heavy atom. The summed E-state index contributed by atoms with van der Waals surface area (Å²) in [4.78, 5) is 24.8. The van der Waals surface area contributed by atoms with E-state index in [1.807, 2.05) is 0 Å². The van der Waals surface area contributed by atoms with E-state index in [2.05, 4.69) is 10.5 Å². The van der Waals surface area contributed by atoms with Crippen LogP contribution in [0.3, 0.4) is 0 Å². The van der Waals surface area contributed by atoms with Gasteiger partial charge in [0.15, 0.2) is 5.82 Å². The van der Waals surface area contributed by atoms with Crippen LogP contribution in [0.1, 0.15) is 25.5 Å². The third-order valence-corrected chi connectivity index (χ3v) is 3.13. The molecule has 2 rings (SSSR count). The van der Waals surface area contributed by atoms with Crippen LogP contribution in [0.15, 0.2) is 10.6 Å². The van der Waals surface area contributed by atoms with E-state index in [-0.39, 0.29) is 17.9 Å². The molecule has 0 spiro atoms. The first-order valence-corrected chi connectivity index (χ1v) is 6.68. The van der Waals surface area contributed by atoms with Crippen LogP contribution in [0.5, 0.6) is 0 Å². The monoisotopic (exact) mass is 281 g/mol. The van der Waals surface area contributed by atoms with Gasteiger partial charge in [-0.3, -0.25) is 14.5 Å². The molecule has 1 aromatic rings. The lowest BCUT2D eigenvalue weighted by Gasteiger charge is -2.18. The number of nitrogens with zero attached hydrogens (tertiary/aromatic N) is 2. The molecule has 1 aromatic heterocycles. The number of hydrogen-bond donors (Lipinski definition) is 1. The summed E-state index contributed by atoms with van der Waals surface area (Å²) >= 11 is 0. The van der Waals surface area contributed by atoms with Gasteiger partial charge in [-0.1, -0.05) is 5.16 Å². The van der Waals surface area contributed by atoms with Gasteiger partial charge in [-0.05, 0) is 19.8 Å². The van der Waals surface area contributed by atoms with Crippen molar-refractivity contribution >= 4 is 17.6 Å². The van der Waals surface area contributed by atoms with Crippen LogP contribution in [-0.2, 0) is 14.3 Å². The van der Waals surface area contributed by atoms with Gasteiger partial charge in [0.2, 0.25) is 11.8 Å². The predicted molar refractivity (Wildman–Crippen MR) is 71.3 cm³/mol. The van der Waals surface area contributed by atoms with Crippen LogP contribution < -0.4 is 10.2 Å². The summed E-state index contributed by atoms with van der Waals surface area (Å²) < 4.78 is 10.2. The average Bonchev–Trinajstić information content (AvgIpc) is 3.05. The third-order valence-electron chi connectivity index (χ3n) is 3.13. The second-order valence-electron chi connectivity index (χ2n) is 4.76. The van der Waals surface area contributed by atoms with Crippen molar-refractivity contribution in [3.63, 3.8) is 0 Å². The lowest BCUT2D eigenvalue weighted by atomic mass is 10.2. The topological polar surface area (TPSA) is 84.7 Å². The van der Waals surface area contributed by atoms with Crippen molar-refractivity contribution in [2.45, 2.75) is 32.8 Å². The fraction of sp³-hybridized carbons (Fsp3) is 0.615. The minimum absolute atomic E-state index is 0.123. The number of ether oxygens (including phenoxy) is 1. The second-order valence-corrected chi connectivity index (χ2v) is 4.76. The molecule has 110 valence electrons. The van der Waals surface area contributed by atoms with Crippen molar-refractivity contribution < 1.29 is 18.8 Å². The summed E-state index contributed by atoms with van der Waals surface area (Å²) in [5.74, 6) is 0.822. The average molecular weight is 281 g/mol. The first kappa shape index (κ1) is 14.5. The Bertz CT molecular complexity index is 480. The first-order valence-electron chi connectivity index (χ1n) is 6.68. The third kappa shape index (κ3) is 3.57. The summed E-state index contributed by atoms with van der Waals surface area (Å²) in [5, 5.41) is 6.58. The van der Waals surface area contributed by atoms with Gasteiger partial charge in [0.25, 0.3) is 0 Å². The van der Waals surface area contributed by atoms with Crippen molar-refractivity contribution in [3.8, 4) is 0 Å². The van der Waals surface area contributed by atoms with E-state index in [1.54, 1.807) is 13.0 Å². The SMILES string of the molecule is CC(=O)N(CCNC(=O)C1CCCO1)c1cc(C)on1. The molecule has 0 bridgehead atoms. The van der Waals surface area contributed by atoms with Crippen LogP contribution in [-0.4, -0.2) is 42.8 Å². The molecule has 0 aliphatic carbocycles. The Labute approximate surface area is 117 Å². The molecule has 1 N–H and O–H groups in total. The lowest BCUT2D eigenvalue weighted by Crippen LogP contribution is -2.41. The Kier molecular flexibility index (Phi) is 4.73. The summed E-state index contributed by atoms with van der Waals surface area (Å²) in [6, 6.07) is 1.68. The zero-order valence-electron chi connectivity index (χ0n) is 11.7. The minimum atomic E-state index is -0.352. The van der Waals surface area contributed by atoms with Gasteiger partial charge in [0, 0.05) is 32.7 Å². The number of aromatic nitrogens is 1. The number of aryl methyl sites for hydroxylation is 1. The highest BCUT2D eigenvalue weighted by molar-refractivity contribution is 5.90. The highest BCUT2D eigenvalue weighted by Crippen LogP contribution is 2.14. The highest BCUT2D eigenvalue weighted by atomic mass is 16.5. The van der Waals surface area contributed by atoms with Crippen LogP contribution >= 0.6 is 0 Å². The van der Waals surface area contributed by atoms with E-state index < -0.39 is 0 Å². The minimum Gasteiger partial charge on any atom is -0.368 e. The van der Waals surface area contributed by atoms with Crippen molar-refractivity contribution in [3.05, 3.63) is 11.8 Å². The Hall–Kier alpha value is -1.89. The smallest absolute Gasteiger partial charge is 0.249 e. The molecule has 2 amide bonds. The van der Waals surface area contributed by atoms with E-state index in [9.17, 15) is 9.59 Å². The molecule has 0 aromatic carbocycles. The van der Waals surface area contributed by atoms with Gasteiger partial charge >= 0.3 is 0 Å². The second kappa shape index (κ2) is 6.51. The Balaban J connectivity index is 1.83. The van der Waals surface area contributed by atoms with E-state index >= 15 is 0 Å². The zero-order chi connectivity index (χ0) is 14.5. The highest BCUT2D eigenvalue weighted by Gasteiger charge is 2.23. The van der Waals surface area contributed by atoms with Gasteiger partial charge in [0.1, 0.15) is 11.9 Å². The molecule has 0 radical (unpaired) electrons. The van der Waals surface area contributed by atoms with Gasteiger partial charge in [-0.15, -0.1) is 0 Å². The van der Waals surface area contributed by atoms with Gasteiger partial charge in [-0.2, -0.15) is 0 Å². The molecule has 7 heteroatoms. The fourth-order valence-electron chi connectivity index (χ4n) is 2.10. The van der Waals surface area contributed by atoms with E-state index in [0.717, 1.165) is 12.8 Å². The molecule has 1 unspecified atom stereocenters. The maximum atomic E-state index is 11.8. The van der Waals surface area contributed by atoms with Gasteiger partial charge in [-0.25, -0.2) is 0 Å². The number of amides is 2. The molecule has 1 aliphatic rings. The number of hydrogen-bond acceptors (Lipinski definition) is 5. The van der Waals surface area contributed by atoms with Crippen LogP contribution in [0, 0.1) is 6.92 Å². The normalized spacial score (nSPS) is 18.0. The van der Waals surface area contributed by atoms with Crippen LogP contribution in [0.4, 0.5) is 5.82 Å². The first-order chi connectivity index (χ1) is 9.58. The lowest BCUT2D eigenvalue weighted by molar-refractivity contribution is -0.130. The van der Waals surface area contributed by atoms with E-state index in [0.29, 0.717) is 31.3 Å². The summed E-state index contributed by atoms with van der Waals surface area (Å²) in [7, 11) is 0. The van der Waals surface area contributed by atoms with Crippen molar-refractivity contribution in [2.24, 2.45) is 0 Å². The summed E-state index contributed by atoms with van der Waals surface area (Å²) in [6.45, 7) is 4.54. The van der Waals surface area contributed by atoms with Crippen molar-refractivity contribution in [1.82, 2.24) is 10.5 Å². The molecule has 1 atom stereocenters. The van der Waals surface area contributed by atoms with Crippen molar-refractivity contribution in [2.75, 3.05) is 24.6 Å². The fourth-order valence-corrected chi connectivity index (χ4v) is 2.10. The zero-order valence-corrected chi connectivity index (χ0v) is 11.7. The molecular weight excluding hydrogens is 262 g/mol. The Morgan fingerprint density at radius 1 is 1.55 bits per heavy atom. The number of anilines is 1. The largest absolute Gasteiger partial charge is 0.368 e. The molecule has 7 nitrogen and oxygen atoms in total.